The maximum Gasteiger partial charge on any atom is 0.258 e. The predicted octanol–water partition coefficient (Wildman–Crippen LogP) is 5.65. The first-order valence-corrected chi connectivity index (χ1v) is 9.26. The lowest BCUT2D eigenvalue weighted by Gasteiger charge is -2.16. The van der Waals surface area contributed by atoms with Gasteiger partial charge in [-0.1, -0.05) is 50.2 Å². The number of hydrogen-bond donors (Lipinski definition) is 0. The third-order valence-corrected chi connectivity index (χ3v) is 5.21. The van der Waals surface area contributed by atoms with Crippen LogP contribution in [-0.2, 0) is 6.54 Å². The van der Waals surface area contributed by atoms with Crippen LogP contribution in [0.15, 0.2) is 66.7 Å². The molecule has 0 aliphatic carbocycles. The van der Waals surface area contributed by atoms with E-state index in [-0.39, 0.29) is 5.91 Å². The molecule has 27 heavy (non-hydrogen) atoms. The molecule has 0 N–H and O–H groups in total. The number of hydrogen-bond acceptors (Lipinski definition) is 2. The van der Waals surface area contributed by atoms with Gasteiger partial charge < -0.3 is 9.64 Å². The maximum absolute atomic E-state index is 13.0. The molecule has 0 aromatic heterocycles. The molecule has 3 aromatic carbocycles. The van der Waals surface area contributed by atoms with E-state index in [1.807, 2.05) is 47.4 Å². The van der Waals surface area contributed by atoms with Crippen molar-refractivity contribution in [2.75, 3.05) is 12.0 Å². The number of fused-ring (bicyclic) bond motifs is 1. The zero-order valence-corrected chi connectivity index (χ0v) is 15.9. The summed E-state index contributed by atoms with van der Waals surface area (Å²) in [6.07, 6.45) is 0. The van der Waals surface area contributed by atoms with Crippen LogP contribution in [0.5, 0.6) is 5.75 Å². The Kier molecular flexibility index (Phi) is 4.44. The fourth-order valence-electron chi connectivity index (χ4n) is 3.51. The molecule has 3 nitrogen and oxygen atoms in total. The average molecular weight is 357 g/mol. The highest BCUT2D eigenvalue weighted by molar-refractivity contribution is 6.10. The van der Waals surface area contributed by atoms with Crippen LogP contribution in [0.2, 0.25) is 0 Å². The van der Waals surface area contributed by atoms with E-state index in [4.69, 9.17) is 4.74 Å². The molecule has 0 bridgehead atoms. The van der Waals surface area contributed by atoms with E-state index >= 15 is 0 Å². The van der Waals surface area contributed by atoms with Gasteiger partial charge >= 0.3 is 0 Å². The highest BCUT2D eigenvalue weighted by Gasteiger charge is 2.28. The Labute approximate surface area is 160 Å². The average Bonchev–Trinajstić information content (AvgIpc) is 3.04. The zero-order chi connectivity index (χ0) is 19.0. The Morgan fingerprint density at radius 1 is 0.889 bits per heavy atom. The lowest BCUT2D eigenvalue weighted by molar-refractivity contribution is 0.0996. The molecule has 0 saturated carbocycles. The Balaban J connectivity index is 1.62. The number of nitrogens with zero attached hydrogens (tertiary/aromatic N) is 1. The van der Waals surface area contributed by atoms with E-state index in [0.717, 1.165) is 33.7 Å². The molecule has 0 spiro atoms. The summed E-state index contributed by atoms with van der Waals surface area (Å²) < 4.78 is 5.22. The van der Waals surface area contributed by atoms with Gasteiger partial charge in [-0.15, -0.1) is 0 Å². The number of methoxy groups -OCH3 is 1. The van der Waals surface area contributed by atoms with Gasteiger partial charge in [0.2, 0.25) is 0 Å². The number of benzene rings is 3. The summed E-state index contributed by atoms with van der Waals surface area (Å²) in [6, 6.07) is 22.4. The van der Waals surface area contributed by atoms with Gasteiger partial charge in [0, 0.05) is 11.3 Å². The number of anilines is 1. The minimum atomic E-state index is 0.0673. The Morgan fingerprint density at radius 2 is 1.56 bits per heavy atom. The van der Waals surface area contributed by atoms with Crippen LogP contribution in [0.3, 0.4) is 0 Å². The first kappa shape index (κ1) is 17.3. The monoisotopic (exact) mass is 357 g/mol. The molecule has 0 radical (unpaired) electrons. The minimum Gasteiger partial charge on any atom is -0.497 e. The summed E-state index contributed by atoms with van der Waals surface area (Å²) in [4.78, 5) is 14.9. The first-order chi connectivity index (χ1) is 13.1. The van der Waals surface area contributed by atoms with E-state index < -0.39 is 0 Å². The molecule has 0 unspecified atom stereocenters. The van der Waals surface area contributed by atoms with Gasteiger partial charge in [-0.3, -0.25) is 4.79 Å². The fourth-order valence-corrected chi connectivity index (χ4v) is 3.51. The molecular weight excluding hydrogens is 334 g/mol. The number of carbonyl (C=O) groups excluding carboxylic acids is 1. The molecular formula is C24H23NO2. The van der Waals surface area contributed by atoms with Crippen LogP contribution in [-0.4, -0.2) is 13.0 Å². The van der Waals surface area contributed by atoms with Crippen molar-refractivity contribution in [3.63, 3.8) is 0 Å². The van der Waals surface area contributed by atoms with Gasteiger partial charge in [-0.05, 0) is 58.5 Å². The van der Waals surface area contributed by atoms with Crippen LogP contribution in [0, 0.1) is 0 Å². The highest BCUT2D eigenvalue weighted by Crippen LogP contribution is 2.32. The minimum absolute atomic E-state index is 0.0673. The Morgan fingerprint density at radius 3 is 2.19 bits per heavy atom. The smallest absolute Gasteiger partial charge is 0.258 e. The van der Waals surface area contributed by atoms with E-state index in [9.17, 15) is 4.79 Å². The number of rotatable bonds is 4. The molecule has 4 rings (SSSR count). The van der Waals surface area contributed by atoms with Crippen molar-refractivity contribution in [1.82, 2.24) is 0 Å². The zero-order valence-electron chi connectivity index (χ0n) is 15.9. The summed E-state index contributed by atoms with van der Waals surface area (Å²) in [6.45, 7) is 4.97. The summed E-state index contributed by atoms with van der Waals surface area (Å²) in [5.74, 6) is 1.38. The lowest BCUT2D eigenvalue weighted by atomic mass is 10.0. The summed E-state index contributed by atoms with van der Waals surface area (Å²) in [5.41, 5.74) is 6.21. The second-order valence-electron chi connectivity index (χ2n) is 7.24. The van der Waals surface area contributed by atoms with Crippen molar-refractivity contribution in [2.24, 2.45) is 0 Å². The second-order valence-corrected chi connectivity index (χ2v) is 7.24. The summed E-state index contributed by atoms with van der Waals surface area (Å²) >= 11 is 0. The van der Waals surface area contributed by atoms with E-state index in [1.54, 1.807) is 7.11 Å². The van der Waals surface area contributed by atoms with Crippen molar-refractivity contribution >= 4 is 11.6 Å². The van der Waals surface area contributed by atoms with E-state index in [2.05, 4.69) is 38.1 Å². The number of amides is 1. The highest BCUT2D eigenvalue weighted by atomic mass is 16.5. The standard InChI is InChI=1S/C24H23NO2/c1-16(2)17-6-10-21(11-7-17)25-15-20-5-4-19(14-23(20)24(25)26)18-8-12-22(27-3)13-9-18/h4-14,16H,15H2,1-3H3. The molecule has 0 saturated heterocycles. The van der Waals surface area contributed by atoms with Gasteiger partial charge in [0.05, 0.1) is 13.7 Å². The molecule has 1 heterocycles. The lowest BCUT2D eigenvalue weighted by Crippen LogP contribution is -2.22. The van der Waals surface area contributed by atoms with Crippen molar-refractivity contribution in [1.29, 1.82) is 0 Å². The molecule has 1 amide bonds. The van der Waals surface area contributed by atoms with Gasteiger partial charge in [0.1, 0.15) is 5.75 Å². The Bertz CT molecular complexity index is 972. The van der Waals surface area contributed by atoms with Gasteiger partial charge in [0.15, 0.2) is 0 Å². The summed E-state index contributed by atoms with van der Waals surface area (Å²) in [5, 5.41) is 0. The maximum atomic E-state index is 13.0. The Hall–Kier alpha value is -3.07. The molecule has 136 valence electrons. The molecule has 1 aliphatic rings. The van der Waals surface area contributed by atoms with Crippen LogP contribution in [0.4, 0.5) is 5.69 Å². The van der Waals surface area contributed by atoms with Crippen molar-refractivity contribution in [2.45, 2.75) is 26.3 Å². The third-order valence-electron chi connectivity index (χ3n) is 5.21. The first-order valence-electron chi connectivity index (χ1n) is 9.26. The molecule has 1 aliphatic heterocycles. The third kappa shape index (κ3) is 3.21. The van der Waals surface area contributed by atoms with E-state index in [1.165, 1.54) is 5.56 Å². The van der Waals surface area contributed by atoms with Crippen molar-refractivity contribution < 1.29 is 9.53 Å². The van der Waals surface area contributed by atoms with Crippen LogP contribution in [0.1, 0.15) is 41.3 Å². The topological polar surface area (TPSA) is 29.5 Å². The van der Waals surface area contributed by atoms with Crippen LogP contribution < -0.4 is 9.64 Å². The molecule has 0 fully saturated rings. The summed E-state index contributed by atoms with van der Waals surface area (Å²) in [7, 11) is 1.66. The molecule has 3 aromatic rings. The quantitative estimate of drug-likeness (QED) is 0.604. The van der Waals surface area contributed by atoms with Crippen LogP contribution in [0.25, 0.3) is 11.1 Å². The van der Waals surface area contributed by atoms with Gasteiger partial charge in [-0.2, -0.15) is 0 Å². The number of carbonyl (C=O) groups is 1. The largest absolute Gasteiger partial charge is 0.497 e. The second kappa shape index (κ2) is 6.92. The van der Waals surface area contributed by atoms with Crippen molar-refractivity contribution in [3.8, 4) is 16.9 Å². The van der Waals surface area contributed by atoms with Gasteiger partial charge in [0.25, 0.3) is 5.91 Å². The number of ether oxygens (including phenoxy) is 1. The fraction of sp³-hybridized carbons (Fsp3) is 0.208. The molecule has 3 heteroatoms. The van der Waals surface area contributed by atoms with Crippen LogP contribution >= 0.6 is 0 Å². The molecule has 0 atom stereocenters. The SMILES string of the molecule is COc1ccc(-c2ccc3c(c2)C(=O)N(c2ccc(C(C)C)cc2)C3)cc1. The van der Waals surface area contributed by atoms with E-state index in [0.29, 0.717) is 12.5 Å². The predicted molar refractivity (Wildman–Crippen MR) is 109 cm³/mol. The normalized spacial score (nSPS) is 13.2. The van der Waals surface area contributed by atoms with Gasteiger partial charge in [-0.25, -0.2) is 0 Å². The van der Waals surface area contributed by atoms with Crippen molar-refractivity contribution in [3.05, 3.63) is 83.4 Å².